The zero-order valence-corrected chi connectivity index (χ0v) is 15.3. The van der Waals surface area contributed by atoms with E-state index in [0.29, 0.717) is 22.9 Å². The molecule has 0 spiro atoms. The first kappa shape index (κ1) is 18.4. The van der Waals surface area contributed by atoms with Gasteiger partial charge in [-0.3, -0.25) is 4.72 Å². The van der Waals surface area contributed by atoms with Crippen molar-refractivity contribution < 1.29 is 13.2 Å². The standard InChI is InChI=1S/C16H20ClN3O3S/c1-4-7-24(21,22)20-16-6-5-12(10-18-16)19-14-8-11(2)13(17)9-15(14)23-3/h5-6,8-10,19H,4,7H2,1-3H3,(H,18,20). The van der Waals surface area contributed by atoms with Crippen molar-refractivity contribution in [1.82, 2.24) is 4.98 Å². The fourth-order valence-corrected chi connectivity index (χ4v) is 3.33. The van der Waals surface area contributed by atoms with Gasteiger partial charge in [-0.25, -0.2) is 13.4 Å². The summed E-state index contributed by atoms with van der Waals surface area (Å²) >= 11 is 6.09. The van der Waals surface area contributed by atoms with Crippen molar-refractivity contribution in [3.63, 3.8) is 0 Å². The monoisotopic (exact) mass is 369 g/mol. The molecular formula is C16H20ClN3O3S. The lowest BCUT2D eigenvalue weighted by atomic mass is 10.2. The lowest BCUT2D eigenvalue weighted by Gasteiger charge is -2.13. The molecule has 0 aliphatic heterocycles. The summed E-state index contributed by atoms with van der Waals surface area (Å²) in [6.45, 7) is 3.71. The van der Waals surface area contributed by atoms with Gasteiger partial charge in [-0.2, -0.15) is 0 Å². The van der Waals surface area contributed by atoms with E-state index in [4.69, 9.17) is 16.3 Å². The molecule has 2 rings (SSSR count). The highest BCUT2D eigenvalue weighted by atomic mass is 35.5. The fourth-order valence-electron chi connectivity index (χ4n) is 2.09. The second kappa shape index (κ2) is 7.72. The number of ether oxygens (including phenoxy) is 1. The first-order valence-electron chi connectivity index (χ1n) is 7.42. The van der Waals surface area contributed by atoms with E-state index in [0.717, 1.165) is 11.3 Å². The van der Waals surface area contributed by atoms with Crippen molar-refractivity contribution in [2.45, 2.75) is 20.3 Å². The maximum atomic E-state index is 11.7. The molecule has 0 radical (unpaired) electrons. The van der Waals surface area contributed by atoms with E-state index >= 15 is 0 Å². The van der Waals surface area contributed by atoms with Crippen molar-refractivity contribution in [3.8, 4) is 5.75 Å². The predicted molar refractivity (Wildman–Crippen MR) is 98.0 cm³/mol. The van der Waals surface area contributed by atoms with Gasteiger partial charge in [-0.1, -0.05) is 18.5 Å². The summed E-state index contributed by atoms with van der Waals surface area (Å²) in [5.41, 5.74) is 2.37. The highest BCUT2D eigenvalue weighted by Crippen LogP contribution is 2.33. The minimum Gasteiger partial charge on any atom is -0.495 e. The van der Waals surface area contributed by atoms with Gasteiger partial charge in [-0.15, -0.1) is 0 Å². The molecule has 2 aromatic rings. The fraction of sp³-hybridized carbons (Fsp3) is 0.312. The lowest BCUT2D eigenvalue weighted by molar-refractivity contribution is 0.417. The van der Waals surface area contributed by atoms with Crippen LogP contribution in [0.3, 0.4) is 0 Å². The zero-order chi connectivity index (χ0) is 17.7. The SMILES string of the molecule is CCCS(=O)(=O)Nc1ccc(Nc2cc(C)c(Cl)cc2OC)cn1. The van der Waals surface area contributed by atoms with E-state index in [1.807, 2.05) is 13.0 Å². The van der Waals surface area contributed by atoms with E-state index in [-0.39, 0.29) is 11.6 Å². The molecule has 6 nitrogen and oxygen atoms in total. The molecule has 0 aliphatic carbocycles. The number of sulfonamides is 1. The summed E-state index contributed by atoms with van der Waals surface area (Å²) in [7, 11) is -1.78. The molecule has 0 aliphatic rings. The van der Waals surface area contributed by atoms with Gasteiger partial charge < -0.3 is 10.1 Å². The number of aryl methyl sites for hydroxylation is 1. The van der Waals surface area contributed by atoms with Gasteiger partial charge in [0.2, 0.25) is 10.0 Å². The molecule has 1 aromatic carbocycles. The van der Waals surface area contributed by atoms with Crippen LogP contribution >= 0.6 is 11.6 Å². The molecule has 130 valence electrons. The number of nitrogens with one attached hydrogen (secondary N) is 2. The van der Waals surface area contributed by atoms with Crippen LogP contribution in [-0.4, -0.2) is 26.3 Å². The van der Waals surface area contributed by atoms with Gasteiger partial charge in [-0.05, 0) is 37.1 Å². The number of hydrogen-bond donors (Lipinski definition) is 2. The summed E-state index contributed by atoms with van der Waals surface area (Å²) in [6.07, 6.45) is 2.10. The summed E-state index contributed by atoms with van der Waals surface area (Å²) in [4.78, 5) is 4.12. The molecular weight excluding hydrogens is 350 g/mol. The molecule has 24 heavy (non-hydrogen) atoms. The van der Waals surface area contributed by atoms with Gasteiger partial charge >= 0.3 is 0 Å². The van der Waals surface area contributed by atoms with Crippen molar-refractivity contribution in [2.75, 3.05) is 22.9 Å². The largest absolute Gasteiger partial charge is 0.495 e. The first-order chi connectivity index (χ1) is 11.3. The summed E-state index contributed by atoms with van der Waals surface area (Å²) in [5.74, 6) is 0.960. The van der Waals surface area contributed by atoms with E-state index in [2.05, 4.69) is 15.0 Å². The molecule has 0 fully saturated rings. The number of pyridine rings is 1. The third kappa shape index (κ3) is 4.75. The third-order valence-electron chi connectivity index (χ3n) is 3.26. The Kier molecular flexibility index (Phi) is 5.90. The molecule has 2 N–H and O–H groups in total. The van der Waals surface area contributed by atoms with Crippen LogP contribution in [0, 0.1) is 6.92 Å². The Balaban J connectivity index is 2.16. The second-order valence-corrected chi connectivity index (χ2v) is 7.53. The van der Waals surface area contributed by atoms with Crippen LogP contribution in [0.1, 0.15) is 18.9 Å². The number of rotatable bonds is 7. The minimum atomic E-state index is -3.35. The highest BCUT2D eigenvalue weighted by Gasteiger charge is 2.10. The van der Waals surface area contributed by atoms with Crippen LogP contribution < -0.4 is 14.8 Å². The van der Waals surface area contributed by atoms with Gasteiger partial charge in [0, 0.05) is 11.1 Å². The zero-order valence-electron chi connectivity index (χ0n) is 13.8. The molecule has 1 aromatic heterocycles. The topological polar surface area (TPSA) is 80.3 Å². The Morgan fingerprint density at radius 2 is 2.04 bits per heavy atom. The van der Waals surface area contributed by atoms with Gasteiger partial charge in [0.25, 0.3) is 0 Å². The molecule has 0 amide bonds. The Labute approximate surface area is 147 Å². The Hall–Kier alpha value is -1.99. The number of nitrogens with zero attached hydrogens (tertiary/aromatic N) is 1. The minimum absolute atomic E-state index is 0.0654. The maximum Gasteiger partial charge on any atom is 0.233 e. The van der Waals surface area contributed by atoms with E-state index in [1.54, 1.807) is 38.4 Å². The first-order valence-corrected chi connectivity index (χ1v) is 9.45. The third-order valence-corrected chi connectivity index (χ3v) is 5.13. The number of halogens is 1. The molecule has 0 saturated carbocycles. The van der Waals surface area contributed by atoms with Crippen molar-refractivity contribution in [2.24, 2.45) is 0 Å². The van der Waals surface area contributed by atoms with Gasteiger partial charge in [0.05, 0.1) is 30.4 Å². The van der Waals surface area contributed by atoms with E-state index in [9.17, 15) is 8.42 Å². The van der Waals surface area contributed by atoms with Crippen LogP contribution in [0.2, 0.25) is 5.02 Å². The average molecular weight is 370 g/mol. The molecule has 0 saturated heterocycles. The normalized spacial score (nSPS) is 11.2. The van der Waals surface area contributed by atoms with Crippen LogP contribution in [0.4, 0.5) is 17.2 Å². The summed E-state index contributed by atoms with van der Waals surface area (Å²) in [6, 6.07) is 6.95. The summed E-state index contributed by atoms with van der Waals surface area (Å²) in [5, 5.41) is 3.80. The average Bonchev–Trinajstić information content (AvgIpc) is 2.52. The Bertz CT molecular complexity index is 808. The highest BCUT2D eigenvalue weighted by molar-refractivity contribution is 7.92. The molecule has 1 heterocycles. The van der Waals surface area contributed by atoms with E-state index < -0.39 is 10.0 Å². The predicted octanol–water partition coefficient (Wildman–Crippen LogP) is 3.95. The number of anilines is 3. The van der Waals surface area contributed by atoms with Crippen LogP contribution in [0.25, 0.3) is 0 Å². The lowest BCUT2D eigenvalue weighted by Crippen LogP contribution is -2.16. The maximum absolute atomic E-state index is 11.7. The molecule has 0 atom stereocenters. The van der Waals surface area contributed by atoms with Crippen molar-refractivity contribution >= 4 is 38.8 Å². The molecule has 8 heteroatoms. The van der Waals surface area contributed by atoms with Crippen molar-refractivity contribution in [3.05, 3.63) is 41.0 Å². The van der Waals surface area contributed by atoms with Gasteiger partial charge in [0.15, 0.2) is 0 Å². The number of benzene rings is 1. The van der Waals surface area contributed by atoms with Crippen LogP contribution in [0.15, 0.2) is 30.5 Å². The molecule has 0 unspecified atom stereocenters. The Morgan fingerprint density at radius 3 is 2.62 bits per heavy atom. The smallest absolute Gasteiger partial charge is 0.233 e. The number of aromatic nitrogens is 1. The molecule has 0 bridgehead atoms. The second-order valence-electron chi connectivity index (χ2n) is 5.28. The number of hydrogen-bond acceptors (Lipinski definition) is 5. The van der Waals surface area contributed by atoms with Crippen LogP contribution in [-0.2, 0) is 10.0 Å². The van der Waals surface area contributed by atoms with Crippen LogP contribution in [0.5, 0.6) is 5.75 Å². The van der Waals surface area contributed by atoms with E-state index in [1.165, 1.54) is 0 Å². The van der Waals surface area contributed by atoms with Crippen molar-refractivity contribution in [1.29, 1.82) is 0 Å². The summed E-state index contributed by atoms with van der Waals surface area (Å²) < 4.78 is 31.2. The Morgan fingerprint density at radius 1 is 1.29 bits per heavy atom. The quantitative estimate of drug-likeness (QED) is 0.772. The van der Waals surface area contributed by atoms with Gasteiger partial charge in [0.1, 0.15) is 11.6 Å². The number of methoxy groups -OCH3 is 1.